The number of aromatic nitrogens is 15. The first kappa shape index (κ1) is 71.5. The van der Waals surface area contributed by atoms with Gasteiger partial charge in [0.2, 0.25) is 17.8 Å². The summed E-state index contributed by atoms with van der Waals surface area (Å²) in [4.78, 5) is 80.8. The molecule has 12 heterocycles. The molecule has 16 rings (SSSR count). The van der Waals surface area contributed by atoms with Gasteiger partial charge in [0.25, 0.3) is 16.7 Å². The fraction of sp³-hybridized carbons (Fsp3) is 0.316. The second-order valence-electron chi connectivity index (χ2n) is 29.5. The number of fused-ring (bicyclic) bond motifs is 7. The Morgan fingerprint density at radius 1 is 0.462 bits per heavy atom. The van der Waals surface area contributed by atoms with E-state index < -0.39 is 16.8 Å². The summed E-state index contributed by atoms with van der Waals surface area (Å²) in [5.74, 6) is 2.54. The Hall–Kier alpha value is -11.5. The molecule has 0 saturated heterocycles. The number of hydrogen-bond donors (Lipinski definition) is 9. The first-order valence-corrected chi connectivity index (χ1v) is 35.4. The van der Waals surface area contributed by atoms with Gasteiger partial charge in [-0.2, -0.15) is 15.0 Å². The van der Waals surface area contributed by atoms with Gasteiger partial charge in [0, 0.05) is 79.2 Å². The van der Waals surface area contributed by atoms with Crippen molar-refractivity contribution in [3.8, 4) is 17.5 Å². The van der Waals surface area contributed by atoms with E-state index in [0.29, 0.717) is 90.9 Å². The first-order valence-electron chi connectivity index (χ1n) is 35.4. The Bertz CT molecular complexity index is 5400. The van der Waals surface area contributed by atoms with Crippen LogP contribution in [0, 0.1) is 0 Å². The summed E-state index contributed by atoms with van der Waals surface area (Å²) in [5.41, 5.74) is 9.52. The van der Waals surface area contributed by atoms with Gasteiger partial charge in [-0.05, 0) is 174 Å². The summed E-state index contributed by atoms with van der Waals surface area (Å²) in [7, 11) is 0. The normalized spacial score (nSPS) is 15.0. The molecule has 0 atom stereocenters. The van der Waals surface area contributed by atoms with Crippen molar-refractivity contribution < 1.29 is 15.3 Å². The molecular weight excluding hydrogens is 1340 g/mol. The van der Waals surface area contributed by atoms with Crippen LogP contribution in [0.3, 0.4) is 0 Å². The number of nitrogens with one attached hydrogen (secondary N) is 6. The van der Waals surface area contributed by atoms with E-state index in [-0.39, 0.29) is 41.7 Å². The predicted octanol–water partition coefficient (Wildman–Crippen LogP) is 9.56. The highest BCUT2D eigenvalue weighted by atomic mass is 16.3. The van der Waals surface area contributed by atoms with Gasteiger partial charge >= 0.3 is 0 Å². The lowest BCUT2D eigenvalue weighted by atomic mass is 9.79. The molecule has 27 nitrogen and oxygen atoms in total. The van der Waals surface area contributed by atoms with Gasteiger partial charge in [0.05, 0.1) is 36.7 Å². The van der Waals surface area contributed by atoms with Gasteiger partial charge in [-0.25, -0.2) is 58.0 Å². The van der Waals surface area contributed by atoms with Crippen molar-refractivity contribution in [2.24, 2.45) is 0 Å². The van der Waals surface area contributed by atoms with Crippen molar-refractivity contribution in [3.05, 3.63) is 247 Å². The Labute approximate surface area is 611 Å². The van der Waals surface area contributed by atoms with Crippen LogP contribution in [0.4, 0.5) is 34.9 Å². The molecule has 27 heteroatoms. The standard InChI is InChI=1S/C27H29N7O2.C27H31N7O2.C25H27N7O2/c1-4-12-33-24(35)19-15-29-25(30-18-8-9-20-17(13-18)14-28-16-27(20)10-11-27)32-23(19)34(33)22-7-5-6-21(31-22)26(2,3)36;1-6-12-33-24(35)19-15-29-25(30-18-10-11-20-17(13-18)14-28-16-26(20,2)3)32-23(19)34(33)22-9-7-8-21(31-22)27(4,5)36;1-4-12-31-23(33)19-15-27-24(28-18-9-8-16-10-11-26-14-17(16)13-18)30-22(19)32(31)21-7-5-6-20(29-21)25(2,3)34/h4-9,13,15,28,36H,1,10-12,14,16H2,2-3H3,(H,29,30,32);6-11,13,15,28,36H,1,12,14,16H2,2-5H3,(H,29,30,32);4-9,13,15,26,34H,1,10-12,14H2,2-3H3,(H,27,28,30). The molecule has 0 bridgehead atoms. The Kier molecular flexibility index (Phi) is 19.0. The second kappa shape index (κ2) is 28.2. The Morgan fingerprint density at radius 2 is 0.830 bits per heavy atom. The van der Waals surface area contributed by atoms with Crippen LogP contribution in [0.5, 0.6) is 0 Å². The molecule has 3 aliphatic heterocycles. The van der Waals surface area contributed by atoms with Gasteiger partial charge in [0.1, 0.15) is 33.0 Å². The van der Waals surface area contributed by atoms with E-state index in [9.17, 15) is 29.7 Å². The Morgan fingerprint density at radius 3 is 1.23 bits per heavy atom. The minimum atomic E-state index is -1.14. The number of nitrogens with zero attached hydrogens (tertiary/aromatic N) is 15. The number of anilines is 6. The van der Waals surface area contributed by atoms with Crippen LogP contribution < -0.4 is 48.6 Å². The lowest BCUT2D eigenvalue weighted by Crippen LogP contribution is -2.38. The van der Waals surface area contributed by atoms with Gasteiger partial charge in [-0.15, -0.1) is 19.7 Å². The number of aliphatic hydroxyl groups is 3. The highest BCUT2D eigenvalue weighted by Crippen LogP contribution is 2.51. The molecule has 1 fully saturated rings. The lowest BCUT2D eigenvalue weighted by molar-refractivity contribution is 0.0733. The van der Waals surface area contributed by atoms with Crippen LogP contribution in [-0.4, -0.2) is 108 Å². The fourth-order valence-electron chi connectivity index (χ4n) is 14.0. The zero-order chi connectivity index (χ0) is 74.6. The summed E-state index contributed by atoms with van der Waals surface area (Å²) in [6.07, 6.45) is 13.0. The molecule has 1 aliphatic carbocycles. The van der Waals surface area contributed by atoms with Gasteiger partial charge < -0.3 is 47.2 Å². The first-order chi connectivity index (χ1) is 50.7. The van der Waals surface area contributed by atoms with E-state index in [1.807, 2.05) is 12.1 Å². The highest BCUT2D eigenvalue weighted by Gasteiger charge is 2.47. The number of pyridine rings is 3. The summed E-state index contributed by atoms with van der Waals surface area (Å²) >= 11 is 0. The maximum atomic E-state index is 13.2. The van der Waals surface area contributed by atoms with Crippen molar-refractivity contribution in [3.63, 3.8) is 0 Å². The van der Waals surface area contributed by atoms with Crippen LogP contribution in [0.15, 0.2) is 180 Å². The summed E-state index contributed by atoms with van der Waals surface area (Å²) in [5, 5.41) is 52.8. The minimum absolute atomic E-state index is 0.0658. The van der Waals surface area contributed by atoms with Crippen LogP contribution in [-0.2, 0) is 73.3 Å². The number of benzene rings is 3. The van der Waals surface area contributed by atoms with Crippen LogP contribution in [0.25, 0.3) is 50.6 Å². The van der Waals surface area contributed by atoms with Crippen molar-refractivity contribution in [2.45, 2.75) is 142 Å². The molecule has 0 amide bonds. The molecule has 4 aliphatic rings. The molecule has 9 N–H and O–H groups in total. The smallest absolute Gasteiger partial charge is 0.278 e. The molecule has 0 radical (unpaired) electrons. The fourth-order valence-corrected chi connectivity index (χ4v) is 14.0. The van der Waals surface area contributed by atoms with Crippen molar-refractivity contribution in [1.29, 1.82) is 0 Å². The van der Waals surface area contributed by atoms with E-state index in [0.717, 1.165) is 62.8 Å². The minimum Gasteiger partial charge on any atom is -0.384 e. The molecule has 12 aromatic rings. The van der Waals surface area contributed by atoms with E-state index in [1.54, 1.807) is 135 Å². The van der Waals surface area contributed by atoms with E-state index in [4.69, 9.17) is 9.97 Å². The SMILES string of the molecule is C=CCn1c(=O)c2cnc(Nc3ccc4c(c3)CNCC4(C)C)nc2n1-c1cccc(C(C)(C)O)n1.C=CCn1c(=O)c2cnc(Nc3ccc4c(c3)CNCC4)nc2n1-c1cccc(C(C)(C)O)n1.C=CCn1c(=O)c2cnc(Nc3ccc4c(c3)CNCC43CC3)nc2n1-c1cccc(C(C)(C)O)n1. The average molecular weight is 1430 g/mol. The average Bonchev–Trinajstić information content (AvgIpc) is 1.60. The van der Waals surface area contributed by atoms with Gasteiger partial charge in [0.15, 0.2) is 34.4 Å². The zero-order valence-electron chi connectivity index (χ0n) is 60.7. The van der Waals surface area contributed by atoms with E-state index >= 15 is 0 Å². The summed E-state index contributed by atoms with van der Waals surface area (Å²) in [6, 6.07) is 35.0. The number of rotatable bonds is 18. The maximum absolute atomic E-state index is 13.2. The molecule has 3 aromatic carbocycles. The molecule has 106 heavy (non-hydrogen) atoms. The van der Waals surface area contributed by atoms with Crippen LogP contribution >= 0.6 is 0 Å². The third-order valence-electron chi connectivity index (χ3n) is 19.6. The topological polar surface area (TPSA) is 330 Å². The van der Waals surface area contributed by atoms with Crippen molar-refractivity contribution in [1.82, 2.24) is 88.9 Å². The third kappa shape index (κ3) is 14.2. The molecule has 1 saturated carbocycles. The molecule has 0 unspecified atom stereocenters. The number of hydrogen-bond acceptors (Lipinski definition) is 21. The molecular formula is C79H87N21O6. The molecule has 9 aromatic heterocycles. The van der Waals surface area contributed by atoms with Gasteiger partial charge in [-0.1, -0.05) is 68.5 Å². The Balaban J connectivity index is 0.000000134. The monoisotopic (exact) mass is 1430 g/mol. The highest BCUT2D eigenvalue weighted by molar-refractivity contribution is 5.79. The molecule has 1 spiro atoms. The summed E-state index contributed by atoms with van der Waals surface area (Å²) < 4.78 is 9.51. The van der Waals surface area contributed by atoms with Crippen molar-refractivity contribution in [2.75, 3.05) is 35.6 Å². The quantitative estimate of drug-likeness (QED) is 0.0361. The van der Waals surface area contributed by atoms with E-state index in [1.165, 1.54) is 72.7 Å². The largest absolute Gasteiger partial charge is 0.384 e. The van der Waals surface area contributed by atoms with Crippen LogP contribution in [0.1, 0.15) is 119 Å². The number of allylic oxidation sites excluding steroid dienone is 3. The predicted molar refractivity (Wildman–Crippen MR) is 411 cm³/mol. The molecule has 544 valence electrons. The van der Waals surface area contributed by atoms with Crippen LogP contribution in [0.2, 0.25) is 0 Å². The van der Waals surface area contributed by atoms with E-state index in [2.05, 4.69) is 143 Å². The lowest BCUT2D eigenvalue weighted by Gasteiger charge is -2.33. The zero-order valence-corrected chi connectivity index (χ0v) is 60.7. The van der Waals surface area contributed by atoms with Gasteiger partial charge in [-0.3, -0.25) is 14.4 Å². The maximum Gasteiger partial charge on any atom is 0.278 e. The second-order valence-corrected chi connectivity index (χ2v) is 29.5. The summed E-state index contributed by atoms with van der Waals surface area (Å²) in [6.45, 7) is 32.1. The van der Waals surface area contributed by atoms with Crippen molar-refractivity contribution >= 4 is 68.0 Å². The third-order valence-corrected chi connectivity index (χ3v) is 19.6.